The van der Waals surface area contributed by atoms with E-state index in [0.29, 0.717) is 0 Å². The zero-order valence-corrected chi connectivity index (χ0v) is 14.2. The van der Waals surface area contributed by atoms with Crippen molar-refractivity contribution in [1.82, 2.24) is 19.4 Å². The molecule has 3 heterocycles. The average molecular weight is 322 g/mol. The van der Waals surface area contributed by atoms with Crippen LogP contribution in [-0.2, 0) is 18.3 Å². The molecule has 5 heteroatoms. The largest absolute Gasteiger partial charge is 0.379 e. The SMILES string of the molecule is Cc1cc(-c2nccn2C)nc2ccc(CN3CCOCC3)cc12. The molecule has 124 valence electrons. The summed E-state index contributed by atoms with van der Waals surface area (Å²) >= 11 is 0. The van der Waals surface area contributed by atoms with Gasteiger partial charge in [-0.25, -0.2) is 9.97 Å². The second kappa shape index (κ2) is 6.34. The summed E-state index contributed by atoms with van der Waals surface area (Å²) in [5.41, 5.74) is 4.52. The minimum absolute atomic E-state index is 0.835. The van der Waals surface area contributed by atoms with Crippen LogP contribution in [0.3, 0.4) is 0 Å². The third kappa shape index (κ3) is 2.92. The molecule has 0 aliphatic carbocycles. The number of pyridine rings is 1. The molecule has 0 spiro atoms. The lowest BCUT2D eigenvalue weighted by Gasteiger charge is -2.26. The number of imidazole rings is 1. The van der Waals surface area contributed by atoms with E-state index in [4.69, 9.17) is 9.72 Å². The molecular weight excluding hydrogens is 300 g/mol. The van der Waals surface area contributed by atoms with Crippen LogP contribution in [0.25, 0.3) is 22.4 Å². The second-order valence-corrected chi connectivity index (χ2v) is 6.43. The van der Waals surface area contributed by atoms with Gasteiger partial charge in [0.15, 0.2) is 5.82 Å². The molecule has 4 rings (SSSR count). The number of hydrogen-bond acceptors (Lipinski definition) is 4. The predicted octanol–water partition coefficient (Wildman–Crippen LogP) is 2.78. The Hall–Kier alpha value is -2.24. The fourth-order valence-corrected chi connectivity index (χ4v) is 3.28. The summed E-state index contributed by atoms with van der Waals surface area (Å²) in [6.45, 7) is 6.80. The number of fused-ring (bicyclic) bond motifs is 1. The van der Waals surface area contributed by atoms with Gasteiger partial charge in [-0.3, -0.25) is 4.90 Å². The van der Waals surface area contributed by atoms with Crippen molar-refractivity contribution in [1.29, 1.82) is 0 Å². The average Bonchev–Trinajstić information content (AvgIpc) is 3.02. The summed E-state index contributed by atoms with van der Waals surface area (Å²) in [4.78, 5) is 11.7. The van der Waals surface area contributed by atoms with Crippen molar-refractivity contribution in [2.24, 2.45) is 7.05 Å². The highest BCUT2D eigenvalue weighted by molar-refractivity contribution is 5.85. The van der Waals surface area contributed by atoms with Crippen molar-refractivity contribution in [2.75, 3.05) is 26.3 Å². The van der Waals surface area contributed by atoms with Crippen molar-refractivity contribution in [3.8, 4) is 11.5 Å². The monoisotopic (exact) mass is 322 g/mol. The summed E-state index contributed by atoms with van der Waals surface area (Å²) < 4.78 is 7.43. The lowest BCUT2D eigenvalue weighted by atomic mass is 10.0. The zero-order chi connectivity index (χ0) is 16.5. The molecule has 3 aromatic rings. The van der Waals surface area contributed by atoms with Crippen molar-refractivity contribution in [2.45, 2.75) is 13.5 Å². The lowest BCUT2D eigenvalue weighted by Crippen LogP contribution is -2.35. The third-order valence-electron chi connectivity index (χ3n) is 4.64. The molecule has 0 amide bonds. The van der Waals surface area contributed by atoms with Crippen LogP contribution in [0.2, 0.25) is 0 Å². The molecule has 1 fully saturated rings. The summed E-state index contributed by atoms with van der Waals surface area (Å²) in [6.07, 6.45) is 3.75. The molecule has 0 saturated carbocycles. The first kappa shape index (κ1) is 15.3. The number of rotatable bonds is 3. The molecule has 24 heavy (non-hydrogen) atoms. The van der Waals surface area contributed by atoms with Crippen molar-refractivity contribution in [3.63, 3.8) is 0 Å². The van der Waals surface area contributed by atoms with E-state index >= 15 is 0 Å². The van der Waals surface area contributed by atoms with Crippen LogP contribution in [0.1, 0.15) is 11.1 Å². The fourth-order valence-electron chi connectivity index (χ4n) is 3.28. The molecule has 1 aliphatic rings. The maximum absolute atomic E-state index is 5.43. The number of aromatic nitrogens is 3. The van der Waals surface area contributed by atoms with Crippen molar-refractivity contribution < 1.29 is 4.74 Å². The highest BCUT2D eigenvalue weighted by Gasteiger charge is 2.13. The van der Waals surface area contributed by atoms with E-state index in [9.17, 15) is 0 Å². The minimum Gasteiger partial charge on any atom is -0.379 e. The fraction of sp³-hybridized carbons (Fsp3) is 0.368. The Kier molecular flexibility index (Phi) is 4.04. The van der Waals surface area contributed by atoms with Gasteiger partial charge in [0.25, 0.3) is 0 Å². The van der Waals surface area contributed by atoms with Crippen LogP contribution in [0.15, 0.2) is 36.7 Å². The molecule has 0 N–H and O–H groups in total. The highest BCUT2D eigenvalue weighted by Crippen LogP contribution is 2.24. The van der Waals surface area contributed by atoms with Crippen molar-refractivity contribution >= 4 is 10.9 Å². The maximum Gasteiger partial charge on any atom is 0.158 e. The zero-order valence-electron chi connectivity index (χ0n) is 14.2. The molecule has 0 atom stereocenters. The molecule has 1 saturated heterocycles. The van der Waals surface area contributed by atoms with E-state index in [-0.39, 0.29) is 0 Å². The van der Waals surface area contributed by atoms with Gasteiger partial charge in [0.1, 0.15) is 5.69 Å². The van der Waals surface area contributed by atoms with Gasteiger partial charge in [-0.1, -0.05) is 6.07 Å². The Morgan fingerprint density at radius 3 is 2.75 bits per heavy atom. The van der Waals surface area contributed by atoms with Gasteiger partial charge in [-0.2, -0.15) is 0 Å². The molecule has 5 nitrogen and oxygen atoms in total. The predicted molar refractivity (Wildman–Crippen MR) is 94.8 cm³/mol. The molecule has 0 unspecified atom stereocenters. The smallest absolute Gasteiger partial charge is 0.158 e. The standard InChI is InChI=1S/C19H22N4O/c1-14-11-18(19-20-5-6-22(19)2)21-17-4-3-15(12-16(14)17)13-23-7-9-24-10-8-23/h3-6,11-12H,7-10,13H2,1-2H3. The van der Waals surface area contributed by atoms with Crippen LogP contribution in [0.5, 0.6) is 0 Å². The van der Waals surface area contributed by atoms with E-state index in [1.54, 1.807) is 0 Å². The molecular formula is C19H22N4O. The van der Waals surface area contributed by atoms with E-state index < -0.39 is 0 Å². The van der Waals surface area contributed by atoms with Crippen LogP contribution < -0.4 is 0 Å². The Balaban J connectivity index is 1.67. The van der Waals surface area contributed by atoms with Gasteiger partial charge in [-0.15, -0.1) is 0 Å². The molecule has 2 aromatic heterocycles. The van der Waals surface area contributed by atoms with Crippen LogP contribution in [0.4, 0.5) is 0 Å². The molecule has 0 bridgehead atoms. The van der Waals surface area contributed by atoms with Gasteiger partial charge < -0.3 is 9.30 Å². The lowest BCUT2D eigenvalue weighted by molar-refractivity contribution is 0.0342. The van der Waals surface area contributed by atoms with E-state index in [1.165, 1.54) is 16.5 Å². The number of ether oxygens (including phenoxy) is 1. The number of aryl methyl sites for hydroxylation is 2. The maximum atomic E-state index is 5.43. The minimum atomic E-state index is 0.835. The first-order valence-corrected chi connectivity index (χ1v) is 8.39. The Morgan fingerprint density at radius 1 is 1.17 bits per heavy atom. The Bertz CT molecular complexity index is 865. The van der Waals surface area contributed by atoms with E-state index in [1.807, 2.05) is 24.0 Å². The van der Waals surface area contributed by atoms with Crippen LogP contribution in [0, 0.1) is 6.92 Å². The first-order valence-electron chi connectivity index (χ1n) is 8.39. The Morgan fingerprint density at radius 2 is 2.00 bits per heavy atom. The molecule has 1 aliphatic heterocycles. The van der Waals surface area contributed by atoms with E-state index in [0.717, 1.165) is 49.9 Å². The number of hydrogen-bond donors (Lipinski definition) is 0. The van der Waals surface area contributed by atoms with Gasteiger partial charge in [0.2, 0.25) is 0 Å². The van der Waals surface area contributed by atoms with Gasteiger partial charge in [0, 0.05) is 44.5 Å². The summed E-state index contributed by atoms with van der Waals surface area (Å²) in [6, 6.07) is 8.72. The normalized spacial score (nSPS) is 15.9. The Labute approximate surface area is 141 Å². The van der Waals surface area contributed by atoms with Gasteiger partial charge in [0.05, 0.1) is 18.7 Å². The summed E-state index contributed by atoms with van der Waals surface area (Å²) in [5, 5.41) is 1.22. The van der Waals surface area contributed by atoms with Gasteiger partial charge in [-0.05, 0) is 36.2 Å². The first-order chi connectivity index (χ1) is 11.7. The topological polar surface area (TPSA) is 43.2 Å². The number of benzene rings is 1. The van der Waals surface area contributed by atoms with E-state index in [2.05, 4.69) is 41.1 Å². The van der Waals surface area contributed by atoms with Crippen LogP contribution >= 0.6 is 0 Å². The number of morpholine rings is 1. The van der Waals surface area contributed by atoms with Crippen LogP contribution in [-0.4, -0.2) is 45.7 Å². The summed E-state index contributed by atoms with van der Waals surface area (Å²) in [7, 11) is 2.00. The quantitative estimate of drug-likeness (QED) is 0.744. The summed E-state index contributed by atoms with van der Waals surface area (Å²) in [5.74, 6) is 0.900. The third-order valence-corrected chi connectivity index (χ3v) is 4.64. The molecule has 0 radical (unpaired) electrons. The highest BCUT2D eigenvalue weighted by atomic mass is 16.5. The number of nitrogens with zero attached hydrogens (tertiary/aromatic N) is 4. The molecule has 1 aromatic carbocycles. The van der Waals surface area contributed by atoms with Crippen molar-refractivity contribution in [3.05, 3.63) is 47.8 Å². The second-order valence-electron chi connectivity index (χ2n) is 6.43. The van der Waals surface area contributed by atoms with Gasteiger partial charge >= 0.3 is 0 Å².